The highest BCUT2D eigenvalue weighted by Crippen LogP contribution is 2.26. The molecule has 1 heterocycles. The molecule has 1 aliphatic rings. The van der Waals surface area contributed by atoms with Crippen LogP contribution in [0.25, 0.3) is 0 Å². The number of hydrogen-bond donors (Lipinski definition) is 2. The van der Waals surface area contributed by atoms with Gasteiger partial charge in [0.15, 0.2) is 0 Å². The summed E-state index contributed by atoms with van der Waals surface area (Å²) in [5, 5.41) is 3.64. The van der Waals surface area contributed by atoms with Crippen LogP contribution in [0.15, 0.2) is 6.07 Å². The van der Waals surface area contributed by atoms with Gasteiger partial charge in [0.2, 0.25) is 5.95 Å². The van der Waals surface area contributed by atoms with E-state index in [1.807, 2.05) is 0 Å². The van der Waals surface area contributed by atoms with E-state index in [-0.39, 0.29) is 5.95 Å². The maximum absolute atomic E-state index is 5.81. The molecule has 0 bridgehead atoms. The molecule has 0 spiro atoms. The van der Waals surface area contributed by atoms with Gasteiger partial charge >= 0.3 is 0 Å². The van der Waals surface area contributed by atoms with E-state index < -0.39 is 0 Å². The van der Waals surface area contributed by atoms with Crippen LogP contribution in [0.3, 0.4) is 0 Å². The fourth-order valence-corrected chi connectivity index (χ4v) is 2.60. The molecule has 0 aliphatic heterocycles. The number of nitrogens with zero attached hydrogens (tertiary/aromatic N) is 2. The Morgan fingerprint density at radius 2 is 2.06 bits per heavy atom. The second kappa shape index (κ2) is 6.05. The molecule has 3 N–H and O–H groups in total. The molecule has 1 fully saturated rings. The lowest BCUT2D eigenvalue weighted by atomic mass is 9.87. The van der Waals surface area contributed by atoms with Crippen LogP contribution in [-0.4, -0.2) is 16.5 Å². The third-order valence-electron chi connectivity index (χ3n) is 3.30. The van der Waals surface area contributed by atoms with Crippen molar-refractivity contribution in [2.24, 2.45) is 5.92 Å². The second-order valence-corrected chi connectivity index (χ2v) is 5.04. The first-order valence-corrected chi connectivity index (χ1v) is 6.66. The van der Waals surface area contributed by atoms with E-state index in [0.29, 0.717) is 5.15 Å². The van der Waals surface area contributed by atoms with Crippen molar-refractivity contribution in [1.82, 2.24) is 9.97 Å². The zero-order valence-corrected chi connectivity index (χ0v) is 10.7. The molecule has 0 atom stereocenters. The van der Waals surface area contributed by atoms with E-state index in [4.69, 9.17) is 17.3 Å². The fourth-order valence-electron chi connectivity index (χ4n) is 2.41. The van der Waals surface area contributed by atoms with Gasteiger partial charge in [-0.2, -0.15) is 4.98 Å². The predicted molar refractivity (Wildman–Crippen MR) is 71.1 cm³/mol. The van der Waals surface area contributed by atoms with Gasteiger partial charge in [-0.15, -0.1) is 0 Å². The summed E-state index contributed by atoms with van der Waals surface area (Å²) in [6, 6.07) is 1.71. The molecule has 94 valence electrons. The summed E-state index contributed by atoms with van der Waals surface area (Å²) < 4.78 is 0. The highest BCUT2D eigenvalue weighted by molar-refractivity contribution is 6.29. The normalized spacial score (nSPS) is 17.0. The van der Waals surface area contributed by atoms with Crippen LogP contribution in [0.2, 0.25) is 5.15 Å². The topological polar surface area (TPSA) is 63.8 Å². The standard InChI is InChI=1S/C12H19ClN4/c13-10-8-11(17-12(14)16-10)15-7-6-9-4-2-1-3-5-9/h8-9H,1-7H2,(H3,14,15,16,17). The molecule has 1 aromatic rings. The first kappa shape index (κ1) is 12.4. The van der Waals surface area contributed by atoms with Crippen LogP contribution in [0.4, 0.5) is 11.8 Å². The number of anilines is 2. The molecule has 0 radical (unpaired) electrons. The van der Waals surface area contributed by atoms with E-state index in [2.05, 4.69) is 15.3 Å². The lowest BCUT2D eigenvalue weighted by Crippen LogP contribution is -2.13. The summed E-state index contributed by atoms with van der Waals surface area (Å²) in [6.07, 6.45) is 8.11. The van der Waals surface area contributed by atoms with Crippen LogP contribution in [-0.2, 0) is 0 Å². The molecule has 0 saturated heterocycles. The van der Waals surface area contributed by atoms with E-state index in [1.54, 1.807) is 6.07 Å². The van der Waals surface area contributed by atoms with E-state index in [0.717, 1.165) is 18.3 Å². The summed E-state index contributed by atoms with van der Waals surface area (Å²) >= 11 is 5.81. The Hall–Kier alpha value is -1.03. The van der Waals surface area contributed by atoms with Gasteiger partial charge in [0.25, 0.3) is 0 Å². The van der Waals surface area contributed by atoms with Gasteiger partial charge in [0, 0.05) is 12.6 Å². The monoisotopic (exact) mass is 254 g/mol. The SMILES string of the molecule is Nc1nc(Cl)cc(NCCC2CCCCC2)n1. The van der Waals surface area contributed by atoms with Crippen molar-refractivity contribution >= 4 is 23.4 Å². The van der Waals surface area contributed by atoms with Gasteiger partial charge in [-0.1, -0.05) is 43.7 Å². The van der Waals surface area contributed by atoms with Gasteiger partial charge in [0.1, 0.15) is 11.0 Å². The third-order valence-corrected chi connectivity index (χ3v) is 3.49. The van der Waals surface area contributed by atoms with Crippen molar-refractivity contribution in [2.75, 3.05) is 17.6 Å². The van der Waals surface area contributed by atoms with Crippen molar-refractivity contribution in [3.05, 3.63) is 11.2 Å². The van der Waals surface area contributed by atoms with E-state index in [1.165, 1.54) is 38.5 Å². The highest BCUT2D eigenvalue weighted by atomic mass is 35.5. The molecule has 5 heteroatoms. The van der Waals surface area contributed by atoms with Crippen molar-refractivity contribution in [3.63, 3.8) is 0 Å². The largest absolute Gasteiger partial charge is 0.370 e. The molecular weight excluding hydrogens is 236 g/mol. The molecule has 4 nitrogen and oxygen atoms in total. The number of nitrogen functional groups attached to an aromatic ring is 1. The maximum atomic E-state index is 5.81. The van der Waals surface area contributed by atoms with Crippen LogP contribution >= 0.6 is 11.6 Å². The summed E-state index contributed by atoms with van der Waals surface area (Å²) in [5.41, 5.74) is 5.53. The van der Waals surface area contributed by atoms with Crippen molar-refractivity contribution in [2.45, 2.75) is 38.5 Å². The average Bonchev–Trinajstić information content (AvgIpc) is 2.29. The Kier molecular flexibility index (Phi) is 4.42. The first-order chi connectivity index (χ1) is 8.24. The van der Waals surface area contributed by atoms with Gasteiger partial charge < -0.3 is 11.1 Å². The summed E-state index contributed by atoms with van der Waals surface area (Å²) in [6.45, 7) is 0.928. The fraction of sp³-hybridized carbons (Fsp3) is 0.667. The van der Waals surface area contributed by atoms with Gasteiger partial charge in [-0.3, -0.25) is 0 Å². The molecule has 0 aromatic carbocycles. The van der Waals surface area contributed by atoms with Crippen molar-refractivity contribution in [3.8, 4) is 0 Å². The predicted octanol–water partition coefficient (Wildman–Crippen LogP) is 3.09. The Morgan fingerprint density at radius 1 is 1.29 bits per heavy atom. The van der Waals surface area contributed by atoms with E-state index >= 15 is 0 Å². The lowest BCUT2D eigenvalue weighted by Gasteiger charge is -2.21. The number of nitrogens with two attached hydrogens (primary N) is 1. The lowest BCUT2D eigenvalue weighted by molar-refractivity contribution is 0.345. The summed E-state index contributed by atoms with van der Waals surface area (Å²) in [4.78, 5) is 7.91. The minimum atomic E-state index is 0.220. The maximum Gasteiger partial charge on any atom is 0.223 e. The molecule has 1 aromatic heterocycles. The van der Waals surface area contributed by atoms with Crippen LogP contribution in [0.5, 0.6) is 0 Å². The number of aromatic nitrogens is 2. The van der Waals surface area contributed by atoms with Crippen LogP contribution in [0.1, 0.15) is 38.5 Å². The van der Waals surface area contributed by atoms with Crippen molar-refractivity contribution < 1.29 is 0 Å². The molecule has 1 aliphatic carbocycles. The number of nitrogens with one attached hydrogen (secondary N) is 1. The minimum Gasteiger partial charge on any atom is -0.370 e. The highest BCUT2D eigenvalue weighted by Gasteiger charge is 2.12. The Labute approximate surface area is 107 Å². The molecule has 0 unspecified atom stereocenters. The Balaban J connectivity index is 1.77. The minimum absolute atomic E-state index is 0.220. The number of halogens is 1. The molecule has 1 saturated carbocycles. The number of hydrogen-bond acceptors (Lipinski definition) is 4. The van der Waals surface area contributed by atoms with Gasteiger partial charge in [-0.25, -0.2) is 4.98 Å². The molecule has 2 rings (SSSR count). The van der Waals surface area contributed by atoms with Gasteiger partial charge in [-0.05, 0) is 12.3 Å². The smallest absolute Gasteiger partial charge is 0.223 e. The average molecular weight is 255 g/mol. The van der Waals surface area contributed by atoms with Gasteiger partial charge in [0.05, 0.1) is 0 Å². The molecule has 17 heavy (non-hydrogen) atoms. The molecule has 0 amide bonds. The van der Waals surface area contributed by atoms with Crippen molar-refractivity contribution in [1.29, 1.82) is 0 Å². The Morgan fingerprint density at radius 3 is 2.76 bits per heavy atom. The molecular formula is C12H19ClN4. The first-order valence-electron chi connectivity index (χ1n) is 6.28. The third kappa shape index (κ3) is 4.04. The zero-order valence-electron chi connectivity index (χ0n) is 9.95. The zero-order chi connectivity index (χ0) is 12.1. The Bertz CT molecular complexity index is 343. The van der Waals surface area contributed by atoms with E-state index in [9.17, 15) is 0 Å². The number of rotatable bonds is 4. The quantitative estimate of drug-likeness (QED) is 0.811. The summed E-state index contributed by atoms with van der Waals surface area (Å²) in [5.74, 6) is 1.81. The van der Waals surface area contributed by atoms with Crippen LogP contribution < -0.4 is 11.1 Å². The summed E-state index contributed by atoms with van der Waals surface area (Å²) in [7, 11) is 0. The second-order valence-electron chi connectivity index (χ2n) is 4.65. The van der Waals surface area contributed by atoms with Crippen LogP contribution in [0, 0.1) is 5.92 Å².